The molecule has 3 saturated carbocycles. The van der Waals surface area contributed by atoms with Crippen molar-refractivity contribution in [3.8, 4) is 0 Å². The molecule has 0 aromatic rings. The Morgan fingerprint density at radius 1 is 1.12 bits per heavy atom. The summed E-state index contributed by atoms with van der Waals surface area (Å²) in [5.41, 5.74) is 2.37. The van der Waals surface area contributed by atoms with Gasteiger partial charge in [0.25, 0.3) is 0 Å². The zero-order valence-corrected chi connectivity index (χ0v) is 15.8. The summed E-state index contributed by atoms with van der Waals surface area (Å²) in [4.78, 5) is 0. The molecule has 0 amide bonds. The largest absolute Gasteiger partial charge is 0.396 e. The summed E-state index contributed by atoms with van der Waals surface area (Å²) in [6.45, 7) is 7.66. The van der Waals surface area contributed by atoms with Gasteiger partial charge in [-0.3, -0.25) is 0 Å². The zero-order valence-electron chi connectivity index (χ0n) is 15.8. The van der Waals surface area contributed by atoms with Gasteiger partial charge in [0.2, 0.25) is 0 Å². The van der Waals surface area contributed by atoms with E-state index in [4.69, 9.17) is 0 Å². The normalized spacial score (nSPS) is 52.0. The van der Waals surface area contributed by atoms with E-state index in [9.17, 15) is 10.2 Å². The van der Waals surface area contributed by atoms with Crippen molar-refractivity contribution in [3.05, 3.63) is 11.6 Å². The van der Waals surface area contributed by atoms with Gasteiger partial charge in [0.05, 0.1) is 6.10 Å². The van der Waals surface area contributed by atoms with Crippen molar-refractivity contribution in [2.75, 3.05) is 6.61 Å². The van der Waals surface area contributed by atoms with Crippen LogP contribution in [0.4, 0.5) is 0 Å². The summed E-state index contributed by atoms with van der Waals surface area (Å²) in [7, 11) is 0. The van der Waals surface area contributed by atoms with Gasteiger partial charge in [0.1, 0.15) is 0 Å². The molecular formula is C22H36O2. The zero-order chi connectivity index (χ0) is 17.1. The Hall–Kier alpha value is -0.340. The molecule has 0 heterocycles. The van der Waals surface area contributed by atoms with Crippen LogP contribution in [-0.2, 0) is 0 Å². The third kappa shape index (κ3) is 2.28. The molecule has 0 aromatic carbocycles. The van der Waals surface area contributed by atoms with Gasteiger partial charge in [-0.25, -0.2) is 0 Å². The lowest BCUT2D eigenvalue weighted by Gasteiger charge is -2.58. The molecule has 1 unspecified atom stereocenters. The van der Waals surface area contributed by atoms with Crippen LogP contribution in [0, 0.1) is 40.4 Å². The number of hydrogen-bond acceptors (Lipinski definition) is 2. The molecule has 2 N–H and O–H groups in total. The predicted octanol–water partition coefficient (Wildman–Crippen LogP) is 4.55. The first-order valence-corrected chi connectivity index (χ1v) is 10.4. The van der Waals surface area contributed by atoms with E-state index in [0.29, 0.717) is 29.3 Å². The van der Waals surface area contributed by atoms with Crippen molar-refractivity contribution in [3.63, 3.8) is 0 Å². The maximum absolute atomic E-state index is 10.1. The highest BCUT2D eigenvalue weighted by atomic mass is 16.3. The van der Waals surface area contributed by atoms with E-state index in [-0.39, 0.29) is 6.10 Å². The van der Waals surface area contributed by atoms with Gasteiger partial charge in [-0.1, -0.05) is 32.4 Å². The fourth-order valence-electron chi connectivity index (χ4n) is 7.74. The van der Waals surface area contributed by atoms with Gasteiger partial charge >= 0.3 is 0 Å². The standard InChI is InChI=1S/C22H36O2/c1-14(13-23)18-6-7-19-17-5-4-15-12-16(24)8-10-21(15,2)20(17)9-11-22(18,19)3/h4,14,16-20,23-24H,5-13H2,1-3H3/t14-,16?,17+,18-,19+,20+,21+,22-/m1/s1. The van der Waals surface area contributed by atoms with E-state index >= 15 is 0 Å². The highest BCUT2D eigenvalue weighted by molar-refractivity contribution is 5.25. The number of allylic oxidation sites excluding steroid dienone is 1. The fourth-order valence-corrected chi connectivity index (χ4v) is 7.74. The second kappa shape index (κ2) is 5.84. The Bertz CT molecular complexity index is 526. The minimum Gasteiger partial charge on any atom is -0.396 e. The molecule has 4 rings (SSSR count). The Morgan fingerprint density at radius 2 is 1.92 bits per heavy atom. The van der Waals surface area contributed by atoms with Crippen LogP contribution in [0.1, 0.15) is 72.1 Å². The number of hydrogen-bond donors (Lipinski definition) is 2. The van der Waals surface area contributed by atoms with Crippen LogP contribution in [0.2, 0.25) is 0 Å². The SMILES string of the molecule is C[C@H](CO)[C@H]1CC[C@H]2[C@@H]3CC=C4CC(O)CC[C@]4(C)[C@H]3CC[C@]12C. The lowest BCUT2D eigenvalue weighted by molar-refractivity contribution is -0.0598. The average Bonchev–Trinajstić information content (AvgIpc) is 2.92. The van der Waals surface area contributed by atoms with Gasteiger partial charge < -0.3 is 10.2 Å². The average molecular weight is 333 g/mol. The van der Waals surface area contributed by atoms with E-state index in [1.54, 1.807) is 5.57 Å². The molecule has 0 aliphatic heterocycles. The number of fused-ring (bicyclic) bond motifs is 5. The summed E-state index contributed by atoms with van der Waals surface area (Å²) in [6.07, 6.45) is 12.1. The molecule has 136 valence electrons. The van der Waals surface area contributed by atoms with Crippen LogP contribution >= 0.6 is 0 Å². The second-order valence-corrected chi connectivity index (χ2v) is 10.0. The van der Waals surface area contributed by atoms with Gasteiger partial charge in [-0.2, -0.15) is 0 Å². The second-order valence-electron chi connectivity index (χ2n) is 10.0. The van der Waals surface area contributed by atoms with Crippen LogP contribution in [0.25, 0.3) is 0 Å². The summed E-state index contributed by atoms with van der Waals surface area (Å²) >= 11 is 0. The van der Waals surface area contributed by atoms with Crippen LogP contribution in [0.5, 0.6) is 0 Å². The molecule has 4 aliphatic rings. The molecule has 3 fully saturated rings. The van der Waals surface area contributed by atoms with E-state index in [2.05, 4.69) is 26.8 Å². The molecule has 0 saturated heterocycles. The first-order valence-electron chi connectivity index (χ1n) is 10.4. The molecule has 8 atom stereocenters. The summed E-state index contributed by atoms with van der Waals surface area (Å²) in [6, 6.07) is 0. The Balaban J connectivity index is 1.63. The van der Waals surface area contributed by atoms with Crippen molar-refractivity contribution in [2.24, 2.45) is 40.4 Å². The first kappa shape index (κ1) is 17.1. The maximum atomic E-state index is 10.1. The smallest absolute Gasteiger partial charge is 0.0577 e. The van der Waals surface area contributed by atoms with Gasteiger partial charge in [-0.05, 0) is 91.8 Å². The number of rotatable bonds is 2. The number of aliphatic hydroxyl groups is 2. The minimum atomic E-state index is -0.101. The molecule has 0 spiro atoms. The number of aliphatic hydroxyl groups excluding tert-OH is 2. The highest BCUT2D eigenvalue weighted by Crippen LogP contribution is 2.67. The van der Waals surface area contributed by atoms with Crippen LogP contribution in [-0.4, -0.2) is 22.9 Å². The summed E-state index contributed by atoms with van der Waals surface area (Å²) < 4.78 is 0. The van der Waals surface area contributed by atoms with Crippen molar-refractivity contribution in [2.45, 2.75) is 78.2 Å². The monoisotopic (exact) mass is 332 g/mol. The van der Waals surface area contributed by atoms with Gasteiger partial charge in [-0.15, -0.1) is 0 Å². The Labute approximate surface area is 147 Å². The quantitative estimate of drug-likeness (QED) is 0.728. The molecule has 4 aliphatic carbocycles. The van der Waals surface area contributed by atoms with Crippen molar-refractivity contribution < 1.29 is 10.2 Å². The van der Waals surface area contributed by atoms with Gasteiger partial charge in [0.15, 0.2) is 0 Å². The molecule has 2 nitrogen and oxygen atoms in total. The molecule has 0 radical (unpaired) electrons. The van der Waals surface area contributed by atoms with Crippen molar-refractivity contribution >= 4 is 0 Å². The minimum absolute atomic E-state index is 0.101. The van der Waals surface area contributed by atoms with E-state index in [1.165, 1.54) is 38.5 Å². The van der Waals surface area contributed by atoms with E-state index in [1.807, 2.05) is 0 Å². The summed E-state index contributed by atoms with van der Waals surface area (Å²) in [5, 5.41) is 19.8. The predicted molar refractivity (Wildman–Crippen MR) is 97.4 cm³/mol. The topological polar surface area (TPSA) is 40.5 Å². The molecule has 2 heteroatoms. The van der Waals surface area contributed by atoms with Crippen molar-refractivity contribution in [1.82, 2.24) is 0 Å². The fraction of sp³-hybridized carbons (Fsp3) is 0.909. The van der Waals surface area contributed by atoms with Crippen molar-refractivity contribution in [1.29, 1.82) is 0 Å². The third-order valence-corrected chi connectivity index (χ3v) is 9.13. The summed E-state index contributed by atoms with van der Waals surface area (Å²) in [5.74, 6) is 3.66. The van der Waals surface area contributed by atoms with Gasteiger partial charge in [0, 0.05) is 6.61 Å². The third-order valence-electron chi connectivity index (χ3n) is 9.13. The molecule has 0 aromatic heterocycles. The van der Waals surface area contributed by atoms with Crippen LogP contribution < -0.4 is 0 Å². The Morgan fingerprint density at radius 3 is 2.67 bits per heavy atom. The van der Waals surface area contributed by atoms with Crippen LogP contribution in [0.3, 0.4) is 0 Å². The maximum Gasteiger partial charge on any atom is 0.0577 e. The molecular weight excluding hydrogens is 296 g/mol. The van der Waals surface area contributed by atoms with Crippen LogP contribution in [0.15, 0.2) is 11.6 Å². The van der Waals surface area contributed by atoms with E-state index < -0.39 is 0 Å². The molecule has 0 bridgehead atoms. The van der Waals surface area contributed by atoms with E-state index in [0.717, 1.165) is 30.6 Å². The Kier molecular flexibility index (Phi) is 4.16. The molecule has 24 heavy (non-hydrogen) atoms. The lowest BCUT2D eigenvalue weighted by Crippen LogP contribution is -2.51. The highest BCUT2D eigenvalue weighted by Gasteiger charge is 2.59. The lowest BCUT2D eigenvalue weighted by atomic mass is 9.47. The first-order chi connectivity index (χ1) is 11.4.